The summed E-state index contributed by atoms with van der Waals surface area (Å²) in [6, 6.07) is 3.56. The quantitative estimate of drug-likeness (QED) is 0.585. The third-order valence-electron chi connectivity index (χ3n) is 5.37. The number of aromatic amines is 1. The maximum atomic E-state index is 15.3. The Morgan fingerprint density at radius 2 is 2.07 bits per heavy atom. The predicted octanol–water partition coefficient (Wildman–Crippen LogP) is 3.15. The Morgan fingerprint density at radius 3 is 2.80 bits per heavy atom. The van der Waals surface area contributed by atoms with Gasteiger partial charge in [0, 0.05) is 25.2 Å². The molecule has 1 saturated heterocycles. The number of rotatable bonds is 5. The summed E-state index contributed by atoms with van der Waals surface area (Å²) in [5.41, 5.74) is 0.920. The number of alkyl halides is 2. The largest absolute Gasteiger partial charge is 0.465 e. The van der Waals surface area contributed by atoms with E-state index < -0.39 is 29.8 Å². The second-order valence-corrected chi connectivity index (χ2v) is 7.23. The molecular formula is C19H19F3N6O2. The molecule has 11 heteroatoms. The van der Waals surface area contributed by atoms with E-state index in [-0.39, 0.29) is 31.9 Å². The number of fused-ring (bicyclic) bond motifs is 1. The standard InChI is InChI=1S/C19H19F3N6O2/c20-14-3-1-11(2-4-14)7-15-19(21,22)13(5-6-28(15)18(29)30)10-24-17-23-8-12-9-25-27-16(12)26-17/h1-4,8-9,13,15H,5-7,10H2,(H,29,30)(H2,23,24,25,26,27)/t13?,15-/m1/s1. The summed E-state index contributed by atoms with van der Waals surface area (Å²) in [5.74, 6) is -4.74. The van der Waals surface area contributed by atoms with Crippen LogP contribution in [0.3, 0.4) is 0 Å². The van der Waals surface area contributed by atoms with E-state index in [0.29, 0.717) is 16.6 Å². The van der Waals surface area contributed by atoms with Crippen molar-refractivity contribution in [2.24, 2.45) is 5.92 Å². The number of hydrogen-bond acceptors (Lipinski definition) is 5. The molecule has 3 N–H and O–H groups in total. The number of nitrogens with one attached hydrogen (secondary N) is 2. The first-order valence-corrected chi connectivity index (χ1v) is 9.36. The molecule has 1 aliphatic heterocycles. The molecule has 2 atom stereocenters. The van der Waals surface area contributed by atoms with Gasteiger partial charge >= 0.3 is 6.09 Å². The van der Waals surface area contributed by atoms with Crippen molar-refractivity contribution in [1.82, 2.24) is 25.1 Å². The fraction of sp³-hybridized carbons (Fsp3) is 0.368. The van der Waals surface area contributed by atoms with Crippen molar-refractivity contribution >= 4 is 23.1 Å². The first-order chi connectivity index (χ1) is 14.3. The molecule has 4 rings (SSSR count). The van der Waals surface area contributed by atoms with E-state index in [1.165, 1.54) is 30.5 Å². The average molecular weight is 420 g/mol. The van der Waals surface area contributed by atoms with Crippen LogP contribution in [0, 0.1) is 11.7 Å². The first-order valence-electron chi connectivity index (χ1n) is 9.36. The van der Waals surface area contributed by atoms with E-state index in [1.807, 2.05) is 0 Å². The van der Waals surface area contributed by atoms with Gasteiger partial charge in [-0.1, -0.05) is 12.1 Å². The van der Waals surface area contributed by atoms with Gasteiger partial charge in [-0.25, -0.2) is 22.9 Å². The van der Waals surface area contributed by atoms with Gasteiger partial charge in [0.1, 0.15) is 11.9 Å². The lowest BCUT2D eigenvalue weighted by molar-refractivity contribution is -0.140. The normalized spacial score (nSPS) is 21.0. The van der Waals surface area contributed by atoms with Crippen LogP contribution in [0.2, 0.25) is 0 Å². The summed E-state index contributed by atoms with van der Waals surface area (Å²) in [6.07, 6.45) is 1.44. The van der Waals surface area contributed by atoms with Gasteiger partial charge in [-0.05, 0) is 30.5 Å². The van der Waals surface area contributed by atoms with Gasteiger partial charge in [-0.15, -0.1) is 0 Å². The summed E-state index contributed by atoms with van der Waals surface area (Å²) in [7, 11) is 0. The Kier molecular flexibility index (Phi) is 5.18. The van der Waals surface area contributed by atoms with E-state index in [0.717, 1.165) is 4.90 Å². The number of amides is 1. The second kappa shape index (κ2) is 7.81. The average Bonchev–Trinajstić information content (AvgIpc) is 3.17. The van der Waals surface area contributed by atoms with Gasteiger partial charge in [-0.2, -0.15) is 10.1 Å². The number of aromatic nitrogens is 4. The third-order valence-corrected chi connectivity index (χ3v) is 5.37. The van der Waals surface area contributed by atoms with Gasteiger partial charge in [-0.3, -0.25) is 10.00 Å². The lowest BCUT2D eigenvalue weighted by atomic mass is 9.83. The van der Waals surface area contributed by atoms with Crippen molar-refractivity contribution in [2.75, 3.05) is 18.4 Å². The minimum atomic E-state index is -3.31. The molecule has 30 heavy (non-hydrogen) atoms. The van der Waals surface area contributed by atoms with Crippen LogP contribution in [-0.4, -0.2) is 61.3 Å². The predicted molar refractivity (Wildman–Crippen MR) is 102 cm³/mol. The molecule has 1 amide bonds. The smallest absolute Gasteiger partial charge is 0.407 e. The number of carboxylic acid groups (broad SMARTS) is 1. The Bertz CT molecular complexity index is 1040. The molecule has 0 aliphatic carbocycles. The number of benzene rings is 1. The van der Waals surface area contributed by atoms with Gasteiger partial charge in [0.2, 0.25) is 5.95 Å². The number of likely N-dealkylation sites (tertiary alicyclic amines) is 1. The van der Waals surface area contributed by atoms with Crippen LogP contribution in [0.4, 0.5) is 23.9 Å². The number of piperidine rings is 1. The van der Waals surface area contributed by atoms with Gasteiger partial charge in [0.25, 0.3) is 5.92 Å². The molecule has 0 bridgehead atoms. The highest BCUT2D eigenvalue weighted by atomic mass is 19.3. The van der Waals surface area contributed by atoms with Crippen LogP contribution in [0.25, 0.3) is 11.0 Å². The maximum absolute atomic E-state index is 15.3. The molecule has 158 valence electrons. The van der Waals surface area contributed by atoms with Crippen molar-refractivity contribution in [1.29, 1.82) is 0 Å². The Morgan fingerprint density at radius 1 is 1.30 bits per heavy atom. The van der Waals surface area contributed by atoms with Gasteiger partial charge in [0.15, 0.2) is 5.65 Å². The molecule has 1 fully saturated rings. The minimum Gasteiger partial charge on any atom is -0.465 e. The van der Waals surface area contributed by atoms with E-state index in [9.17, 15) is 14.3 Å². The summed E-state index contributed by atoms with van der Waals surface area (Å²) in [5, 5.41) is 19.5. The highest BCUT2D eigenvalue weighted by Gasteiger charge is 2.53. The molecule has 0 radical (unpaired) electrons. The molecule has 2 aromatic heterocycles. The molecular weight excluding hydrogens is 401 g/mol. The summed E-state index contributed by atoms with van der Waals surface area (Å²) >= 11 is 0. The fourth-order valence-corrected chi connectivity index (χ4v) is 3.72. The number of H-pyrrole nitrogens is 1. The molecule has 3 aromatic rings. The molecule has 0 saturated carbocycles. The number of anilines is 1. The van der Waals surface area contributed by atoms with Gasteiger partial charge in [0.05, 0.1) is 11.6 Å². The Balaban J connectivity index is 1.51. The topological polar surface area (TPSA) is 107 Å². The lowest BCUT2D eigenvalue weighted by Crippen LogP contribution is -2.60. The van der Waals surface area contributed by atoms with E-state index in [2.05, 4.69) is 25.5 Å². The molecule has 3 heterocycles. The highest BCUT2D eigenvalue weighted by Crippen LogP contribution is 2.39. The molecule has 8 nitrogen and oxygen atoms in total. The molecule has 1 unspecified atom stereocenters. The maximum Gasteiger partial charge on any atom is 0.407 e. The van der Waals surface area contributed by atoms with Crippen LogP contribution in [0.1, 0.15) is 12.0 Å². The summed E-state index contributed by atoms with van der Waals surface area (Å²) in [6.45, 7) is -0.149. The molecule has 0 spiro atoms. The van der Waals surface area contributed by atoms with E-state index in [1.54, 1.807) is 6.20 Å². The number of halogens is 3. The van der Waals surface area contributed by atoms with Gasteiger partial charge < -0.3 is 10.4 Å². The Hall–Kier alpha value is -3.37. The van der Waals surface area contributed by atoms with Crippen LogP contribution >= 0.6 is 0 Å². The van der Waals surface area contributed by atoms with Crippen molar-refractivity contribution in [3.63, 3.8) is 0 Å². The van der Waals surface area contributed by atoms with E-state index in [4.69, 9.17) is 0 Å². The minimum absolute atomic E-state index is 0.0154. The zero-order chi connectivity index (χ0) is 21.3. The second-order valence-electron chi connectivity index (χ2n) is 7.23. The van der Waals surface area contributed by atoms with Crippen LogP contribution in [0.15, 0.2) is 36.7 Å². The Labute approximate surface area is 169 Å². The van der Waals surface area contributed by atoms with Crippen LogP contribution < -0.4 is 5.32 Å². The van der Waals surface area contributed by atoms with Crippen molar-refractivity contribution < 1.29 is 23.1 Å². The molecule has 1 aromatic carbocycles. The van der Waals surface area contributed by atoms with Crippen molar-refractivity contribution in [2.45, 2.75) is 24.8 Å². The lowest BCUT2D eigenvalue weighted by Gasteiger charge is -2.44. The van der Waals surface area contributed by atoms with Crippen molar-refractivity contribution in [3.8, 4) is 0 Å². The summed E-state index contributed by atoms with van der Waals surface area (Å²) < 4.78 is 43.8. The van der Waals surface area contributed by atoms with Crippen LogP contribution in [0.5, 0.6) is 0 Å². The number of nitrogens with zero attached hydrogens (tertiary/aromatic N) is 4. The van der Waals surface area contributed by atoms with E-state index >= 15 is 8.78 Å². The zero-order valence-corrected chi connectivity index (χ0v) is 15.7. The first kappa shape index (κ1) is 19.9. The van der Waals surface area contributed by atoms with Crippen LogP contribution in [-0.2, 0) is 6.42 Å². The fourth-order valence-electron chi connectivity index (χ4n) is 3.72. The number of hydrogen-bond donors (Lipinski definition) is 3. The zero-order valence-electron chi connectivity index (χ0n) is 15.7. The SMILES string of the molecule is O=C(O)N1CCC(CNc2ncc3cn[nH]c3n2)C(F)(F)[C@H]1Cc1ccc(F)cc1. The third kappa shape index (κ3) is 3.87. The monoisotopic (exact) mass is 420 g/mol. The number of carbonyl (C=O) groups is 1. The van der Waals surface area contributed by atoms with Crippen molar-refractivity contribution in [3.05, 3.63) is 48.0 Å². The summed E-state index contributed by atoms with van der Waals surface area (Å²) in [4.78, 5) is 20.6. The molecule has 1 aliphatic rings. The highest BCUT2D eigenvalue weighted by molar-refractivity contribution is 5.73.